The first-order chi connectivity index (χ1) is 13.5. The molecule has 2 heterocycles. The van der Waals surface area contributed by atoms with Gasteiger partial charge in [-0.25, -0.2) is 13.1 Å². The Labute approximate surface area is 165 Å². The summed E-state index contributed by atoms with van der Waals surface area (Å²) in [5.74, 6) is 0. The van der Waals surface area contributed by atoms with E-state index < -0.39 is 10.0 Å². The second-order valence-corrected chi connectivity index (χ2v) is 9.03. The van der Waals surface area contributed by atoms with Crippen LogP contribution in [0.4, 0.5) is 0 Å². The van der Waals surface area contributed by atoms with E-state index in [0.717, 1.165) is 29.8 Å². The van der Waals surface area contributed by atoms with E-state index in [1.165, 1.54) is 12.8 Å². The number of benzene rings is 1. The third kappa shape index (κ3) is 4.00. The number of rotatable bonds is 6. The van der Waals surface area contributed by atoms with Crippen LogP contribution in [-0.4, -0.2) is 23.2 Å². The zero-order chi connectivity index (χ0) is 19.6. The molecule has 1 fully saturated rings. The maximum Gasteiger partial charge on any atom is 0.240 e. The van der Waals surface area contributed by atoms with Crippen LogP contribution in [0.5, 0.6) is 0 Å². The molecular weight excluding hydrogens is 372 g/mol. The van der Waals surface area contributed by atoms with Crippen molar-refractivity contribution in [2.24, 2.45) is 0 Å². The van der Waals surface area contributed by atoms with E-state index >= 15 is 0 Å². The molecule has 0 saturated heterocycles. The second-order valence-electron chi connectivity index (χ2n) is 7.26. The Bertz CT molecular complexity index is 1060. The summed E-state index contributed by atoms with van der Waals surface area (Å²) in [4.78, 5) is 4.73. The first-order valence-corrected chi connectivity index (χ1v) is 11.1. The molecule has 1 N–H and O–H groups in total. The summed E-state index contributed by atoms with van der Waals surface area (Å²) in [5.41, 5.74) is 3.40. The van der Waals surface area contributed by atoms with Crippen molar-refractivity contribution in [3.63, 3.8) is 0 Å². The standard InChI is InChI=1S/C21H24N4O2S/c1-16-7-6-10-19(13-16)28(26,27)23-15-17-14-21(20-11-4-5-12-22-20)25(24-17)18-8-2-3-9-18/h4-7,10-14,18,23H,2-3,8-9,15H2,1H3. The van der Waals surface area contributed by atoms with Gasteiger partial charge in [-0.3, -0.25) is 9.67 Å². The lowest BCUT2D eigenvalue weighted by molar-refractivity contribution is 0.466. The molecule has 0 atom stereocenters. The molecule has 0 aliphatic heterocycles. The molecule has 0 spiro atoms. The second kappa shape index (κ2) is 7.85. The van der Waals surface area contributed by atoms with Crippen LogP contribution in [0.2, 0.25) is 0 Å². The Hall–Kier alpha value is -2.51. The first kappa shape index (κ1) is 18.8. The van der Waals surface area contributed by atoms with Crippen molar-refractivity contribution in [3.05, 3.63) is 66.0 Å². The Morgan fingerprint density at radius 2 is 1.93 bits per heavy atom. The van der Waals surface area contributed by atoms with Gasteiger partial charge in [0.05, 0.1) is 34.6 Å². The van der Waals surface area contributed by atoms with Crippen molar-refractivity contribution in [3.8, 4) is 11.4 Å². The normalized spacial score (nSPS) is 15.2. The largest absolute Gasteiger partial charge is 0.260 e. The number of pyridine rings is 1. The SMILES string of the molecule is Cc1cccc(S(=O)(=O)NCc2cc(-c3ccccn3)n(C3CCCC3)n2)c1. The van der Waals surface area contributed by atoms with Crippen LogP contribution < -0.4 is 4.72 Å². The highest BCUT2D eigenvalue weighted by Crippen LogP contribution is 2.33. The van der Waals surface area contributed by atoms with E-state index in [1.807, 2.05) is 41.9 Å². The number of aryl methyl sites for hydroxylation is 1. The molecule has 1 aliphatic carbocycles. The molecule has 146 valence electrons. The predicted octanol–water partition coefficient (Wildman–Crippen LogP) is 3.85. The number of hydrogen-bond acceptors (Lipinski definition) is 4. The van der Waals surface area contributed by atoms with Gasteiger partial charge in [0.1, 0.15) is 0 Å². The lowest BCUT2D eigenvalue weighted by Gasteiger charge is -2.13. The van der Waals surface area contributed by atoms with E-state index in [9.17, 15) is 8.42 Å². The van der Waals surface area contributed by atoms with E-state index in [2.05, 4.69) is 9.71 Å². The maximum absolute atomic E-state index is 12.6. The molecule has 1 saturated carbocycles. The minimum Gasteiger partial charge on any atom is -0.260 e. The van der Waals surface area contributed by atoms with Crippen LogP contribution in [0.3, 0.4) is 0 Å². The van der Waals surface area contributed by atoms with Crippen LogP contribution in [0.25, 0.3) is 11.4 Å². The Morgan fingerprint density at radius 1 is 1.11 bits per heavy atom. The van der Waals surface area contributed by atoms with Crippen molar-refractivity contribution in [1.29, 1.82) is 0 Å². The van der Waals surface area contributed by atoms with E-state index in [0.29, 0.717) is 11.7 Å². The van der Waals surface area contributed by atoms with E-state index in [-0.39, 0.29) is 11.4 Å². The average molecular weight is 397 g/mol. The van der Waals surface area contributed by atoms with Crippen molar-refractivity contribution in [1.82, 2.24) is 19.5 Å². The number of nitrogens with one attached hydrogen (secondary N) is 1. The Balaban J connectivity index is 1.60. The molecule has 1 aliphatic rings. The summed E-state index contributed by atoms with van der Waals surface area (Å²) < 4.78 is 29.9. The molecule has 0 amide bonds. The fourth-order valence-electron chi connectivity index (χ4n) is 3.70. The van der Waals surface area contributed by atoms with Gasteiger partial charge in [-0.15, -0.1) is 0 Å². The molecule has 7 heteroatoms. The Kier molecular flexibility index (Phi) is 5.28. The van der Waals surface area contributed by atoms with Crippen LogP contribution in [-0.2, 0) is 16.6 Å². The van der Waals surface area contributed by atoms with Crippen molar-refractivity contribution in [2.75, 3.05) is 0 Å². The molecular formula is C21H24N4O2S. The summed E-state index contributed by atoms with van der Waals surface area (Å²) in [6, 6.07) is 15.0. The van der Waals surface area contributed by atoms with Crippen molar-refractivity contribution in [2.45, 2.75) is 50.1 Å². The van der Waals surface area contributed by atoms with Crippen molar-refractivity contribution < 1.29 is 8.42 Å². The predicted molar refractivity (Wildman–Crippen MR) is 108 cm³/mol. The first-order valence-electron chi connectivity index (χ1n) is 9.59. The molecule has 0 bridgehead atoms. The monoisotopic (exact) mass is 396 g/mol. The smallest absolute Gasteiger partial charge is 0.240 e. The molecule has 1 aromatic carbocycles. The number of aromatic nitrogens is 3. The van der Waals surface area contributed by atoms with E-state index in [1.54, 1.807) is 24.4 Å². The van der Waals surface area contributed by atoms with Gasteiger partial charge in [-0.2, -0.15) is 5.10 Å². The third-order valence-electron chi connectivity index (χ3n) is 5.13. The Morgan fingerprint density at radius 3 is 2.64 bits per heavy atom. The molecule has 3 aromatic rings. The summed E-state index contributed by atoms with van der Waals surface area (Å²) in [5, 5.41) is 4.73. The van der Waals surface area contributed by atoms with Gasteiger partial charge in [0, 0.05) is 6.20 Å². The molecule has 28 heavy (non-hydrogen) atoms. The van der Waals surface area contributed by atoms with Crippen LogP contribution in [0, 0.1) is 6.92 Å². The number of nitrogens with zero attached hydrogens (tertiary/aromatic N) is 3. The fourth-order valence-corrected chi connectivity index (χ4v) is 4.80. The number of hydrogen-bond donors (Lipinski definition) is 1. The van der Waals surface area contributed by atoms with E-state index in [4.69, 9.17) is 5.10 Å². The van der Waals surface area contributed by atoms with Gasteiger partial charge in [0.25, 0.3) is 0 Å². The molecule has 6 nitrogen and oxygen atoms in total. The van der Waals surface area contributed by atoms with Gasteiger partial charge < -0.3 is 0 Å². The minimum absolute atomic E-state index is 0.149. The maximum atomic E-state index is 12.6. The summed E-state index contributed by atoms with van der Waals surface area (Å²) in [6.45, 7) is 2.03. The highest BCUT2D eigenvalue weighted by atomic mass is 32.2. The molecule has 0 radical (unpaired) electrons. The summed E-state index contributed by atoms with van der Waals surface area (Å²) in [7, 11) is -3.58. The lowest BCUT2D eigenvalue weighted by atomic mass is 10.2. The third-order valence-corrected chi connectivity index (χ3v) is 6.53. The van der Waals surface area contributed by atoms with Crippen LogP contribution >= 0.6 is 0 Å². The van der Waals surface area contributed by atoms with Gasteiger partial charge >= 0.3 is 0 Å². The minimum atomic E-state index is -3.58. The van der Waals surface area contributed by atoms with Crippen LogP contribution in [0.15, 0.2) is 59.6 Å². The van der Waals surface area contributed by atoms with Gasteiger partial charge in [0.15, 0.2) is 0 Å². The zero-order valence-electron chi connectivity index (χ0n) is 15.9. The molecule has 0 unspecified atom stereocenters. The van der Waals surface area contributed by atoms with Gasteiger partial charge in [-0.1, -0.05) is 31.0 Å². The van der Waals surface area contributed by atoms with Crippen LogP contribution in [0.1, 0.15) is 43.0 Å². The van der Waals surface area contributed by atoms with Crippen molar-refractivity contribution >= 4 is 10.0 Å². The highest BCUT2D eigenvalue weighted by Gasteiger charge is 2.23. The lowest BCUT2D eigenvalue weighted by Crippen LogP contribution is -2.23. The highest BCUT2D eigenvalue weighted by molar-refractivity contribution is 7.89. The number of sulfonamides is 1. The van der Waals surface area contributed by atoms with Gasteiger partial charge in [0.2, 0.25) is 10.0 Å². The topological polar surface area (TPSA) is 76.9 Å². The quantitative estimate of drug-likeness (QED) is 0.687. The zero-order valence-corrected chi connectivity index (χ0v) is 16.7. The van der Waals surface area contributed by atoms with Gasteiger partial charge in [-0.05, 0) is 55.7 Å². The summed E-state index contributed by atoms with van der Waals surface area (Å²) in [6.07, 6.45) is 6.34. The fraction of sp³-hybridized carbons (Fsp3) is 0.333. The summed E-state index contributed by atoms with van der Waals surface area (Å²) >= 11 is 0. The average Bonchev–Trinajstić information content (AvgIpc) is 3.37. The molecule has 2 aromatic heterocycles. The molecule has 4 rings (SSSR count).